The number of amides is 2. The van der Waals surface area contributed by atoms with Crippen LogP contribution in [0.25, 0.3) is 0 Å². The van der Waals surface area contributed by atoms with E-state index in [4.69, 9.17) is 21.1 Å². The molecule has 1 atom stereocenters. The van der Waals surface area contributed by atoms with Crippen LogP contribution in [0.4, 0.5) is 5.69 Å². The number of hydrogen-bond acceptors (Lipinski definition) is 5. The number of hydrogen-bond donors (Lipinski definition) is 0. The highest BCUT2D eigenvalue weighted by molar-refractivity contribution is 6.32. The molecule has 0 aromatic heterocycles. The molecule has 3 fully saturated rings. The Hall–Kier alpha value is -1.47. The molecular weight excluding hydrogens is 344 g/mol. The third-order valence-corrected chi connectivity index (χ3v) is 5.83. The van der Waals surface area contributed by atoms with Gasteiger partial charge in [0.15, 0.2) is 5.79 Å². The quantitative estimate of drug-likeness (QED) is 0.752. The Balaban J connectivity index is 1.51. The van der Waals surface area contributed by atoms with Crippen LogP contribution in [-0.2, 0) is 19.1 Å². The first-order valence-corrected chi connectivity index (χ1v) is 9.02. The summed E-state index contributed by atoms with van der Waals surface area (Å²) in [6, 6.07) is 4.88. The summed E-state index contributed by atoms with van der Waals surface area (Å²) in [6.45, 7) is 4.45. The van der Waals surface area contributed by atoms with Gasteiger partial charge in [0.1, 0.15) is 0 Å². The second-order valence-electron chi connectivity index (χ2n) is 6.81. The Labute approximate surface area is 151 Å². The molecule has 25 heavy (non-hydrogen) atoms. The summed E-state index contributed by atoms with van der Waals surface area (Å²) < 4.78 is 11.5. The van der Waals surface area contributed by atoms with E-state index in [2.05, 4.69) is 4.90 Å². The SMILES string of the molecule is Cc1c(Cl)cccc1N1C(=O)C[C@H](N2CCC3(CC2)OCCO3)C1=O. The van der Waals surface area contributed by atoms with Gasteiger partial charge in [0, 0.05) is 31.0 Å². The summed E-state index contributed by atoms with van der Waals surface area (Å²) in [5.41, 5.74) is 1.33. The van der Waals surface area contributed by atoms with Gasteiger partial charge in [-0.05, 0) is 24.6 Å². The van der Waals surface area contributed by atoms with Crippen molar-refractivity contribution in [1.29, 1.82) is 0 Å². The molecule has 0 aliphatic carbocycles. The first-order valence-electron chi connectivity index (χ1n) is 8.65. The normalized spacial score (nSPS) is 26.8. The number of carbonyl (C=O) groups is 2. The van der Waals surface area contributed by atoms with E-state index in [-0.39, 0.29) is 18.2 Å². The predicted octanol–water partition coefficient (Wildman–Crippen LogP) is 2.12. The van der Waals surface area contributed by atoms with Gasteiger partial charge < -0.3 is 9.47 Å². The Bertz CT molecular complexity index is 707. The van der Waals surface area contributed by atoms with Gasteiger partial charge in [-0.25, -0.2) is 4.90 Å². The molecule has 3 saturated heterocycles. The minimum absolute atomic E-state index is 0.167. The molecule has 134 valence electrons. The van der Waals surface area contributed by atoms with Gasteiger partial charge in [-0.15, -0.1) is 0 Å². The number of likely N-dealkylation sites (tertiary alicyclic amines) is 1. The Kier molecular flexibility index (Phi) is 4.32. The fraction of sp³-hybridized carbons (Fsp3) is 0.556. The molecule has 6 nitrogen and oxygen atoms in total. The van der Waals surface area contributed by atoms with E-state index in [0.717, 1.165) is 18.4 Å². The molecular formula is C18H21ClN2O4. The molecule has 1 aromatic carbocycles. The van der Waals surface area contributed by atoms with Crippen LogP contribution in [0.5, 0.6) is 0 Å². The van der Waals surface area contributed by atoms with Crippen molar-refractivity contribution in [2.45, 2.75) is 38.0 Å². The summed E-state index contributed by atoms with van der Waals surface area (Å²) in [5, 5.41) is 0.553. The third kappa shape index (κ3) is 2.87. The maximum atomic E-state index is 12.9. The van der Waals surface area contributed by atoms with E-state index in [1.165, 1.54) is 4.90 Å². The van der Waals surface area contributed by atoms with Gasteiger partial charge in [-0.3, -0.25) is 14.5 Å². The number of carbonyl (C=O) groups excluding carboxylic acids is 2. The van der Waals surface area contributed by atoms with Crippen LogP contribution in [0.3, 0.4) is 0 Å². The molecule has 3 aliphatic heterocycles. The Morgan fingerprint density at radius 3 is 2.52 bits per heavy atom. The summed E-state index contributed by atoms with van der Waals surface area (Å²) >= 11 is 6.15. The number of benzene rings is 1. The van der Waals surface area contributed by atoms with Gasteiger partial charge in [0.25, 0.3) is 5.91 Å². The van der Waals surface area contributed by atoms with Crippen molar-refractivity contribution in [3.05, 3.63) is 28.8 Å². The molecule has 1 aromatic rings. The lowest BCUT2D eigenvalue weighted by Gasteiger charge is -2.39. The molecule has 3 aliphatic rings. The number of halogens is 1. The lowest BCUT2D eigenvalue weighted by atomic mass is 10.0. The number of anilines is 1. The zero-order chi connectivity index (χ0) is 17.6. The van der Waals surface area contributed by atoms with Crippen LogP contribution < -0.4 is 4.90 Å². The molecule has 7 heteroatoms. The lowest BCUT2D eigenvalue weighted by molar-refractivity contribution is -0.188. The maximum absolute atomic E-state index is 12.9. The standard InChI is InChI=1S/C18H21ClN2O4/c1-12-13(19)3-2-4-14(12)21-16(22)11-15(17(21)23)20-7-5-18(6-8-20)24-9-10-25-18/h2-4,15H,5-11H2,1H3/t15-/m0/s1. The summed E-state index contributed by atoms with van der Waals surface area (Å²) in [5.74, 6) is -0.820. The van der Waals surface area contributed by atoms with E-state index in [9.17, 15) is 9.59 Å². The first-order chi connectivity index (χ1) is 12.0. The fourth-order valence-electron chi connectivity index (χ4n) is 3.95. The zero-order valence-corrected chi connectivity index (χ0v) is 14.9. The number of imide groups is 1. The van der Waals surface area contributed by atoms with Crippen LogP contribution in [0, 0.1) is 6.92 Å². The van der Waals surface area contributed by atoms with E-state index < -0.39 is 11.8 Å². The third-order valence-electron chi connectivity index (χ3n) is 5.42. The summed E-state index contributed by atoms with van der Waals surface area (Å²) in [6.07, 6.45) is 1.65. The van der Waals surface area contributed by atoms with Gasteiger partial charge >= 0.3 is 0 Å². The average molecular weight is 365 g/mol. The van der Waals surface area contributed by atoms with E-state index in [1.807, 2.05) is 6.92 Å². The van der Waals surface area contributed by atoms with Gasteiger partial charge in [0.2, 0.25) is 5.91 Å². The van der Waals surface area contributed by atoms with Crippen molar-refractivity contribution in [3.63, 3.8) is 0 Å². The zero-order valence-electron chi connectivity index (χ0n) is 14.2. The van der Waals surface area contributed by atoms with Crippen LogP contribution in [0.1, 0.15) is 24.8 Å². The molecule has 0 unspecified atom stereocenters. The first kappa shape index (κ1) is 17.0. The minimum Gasteiger partial charge on any atom is -0.347 e. The molecule has 2 amide bonds. The highest BCUT2D eigenvalue weighted by Gasteiger charge is 2.47. The van der Waals surface area contributed by atoms with E-state index in [1.54, 1.807) is 18.2 Å². The average Bonchev–Trinajstić information content (AvgIpc) is 3.17. The molecule has 4 rings (SSSR count). The molecule has 0 radical (unpaired) electrons. The van der Waals surface area contributed by atoms with Crippen molar-refractivity contribution in [1.82, 2.24) is 4.90 Å². The van der Waals surface area contributed by atoms with Crippen LogP contribution in [0.15, 0.2) is 18.2 Å². The van der Waals surface area contributed by atoms with E-state index in [0.29, 0.717) is 37.0 Å². The largest absolute Gasteiger partial charge is 0.347 e. The lowest BCUT2D eigenvalue weighted by Crippen LogP contribution is -2.51. The summed E-state index contributed by atoms with van der Waals surface area (Å²) in [7, 11) is 0. The molecule has 0 bridgehead atoms. The highest BCUT2D eigenvalue weighted by Crippen LogP contribution is 2.35. The van der Waals surface area contributed by atoms with Crippen molar-refractivity contribution in [2.75, 3.05) is 31.2 Å². The molecule has 0 saturated carbocycles. The maximum Gasteiger partial charge on any atom is 0.251 e. The second-order valence-corrected chi connectivity index (χ2v) is 7.22. The van der Waals surface area contributed by atoms with Gasteiger partial charge in [-0.1, -0.05) is 17.7 Å². The molecule has 3 heterocycles. The van der Waals surface area contributed by atoms with Gasteiger partial charge in [-0.2, -0.15) is 0 Å². The molecule has 1 spiro atoms. The topological polar surface area (TPSA) is 59.1 Å². The number of ether oxygens (including phenoxy) is 2. The van der Waals surface area contributed by atoms with Crippen LogP contribution >= 0.6 is 11.6 Å². The highest BCUT2D eigenvalue weighted by atomic mass is 35.5. The predicted molar refractivity (Wildman–Crippen MR) is 92.5 cm³/mol. The van der Waals surface area contributed by atoms with E-state index >= 15 is 0 Å². The monoisotopic (exact) mass is 364 g/mol. The molecule has 0 N–H and O–H groups in total. The summed E-state index contributed by atoms with van der Waals surface area (Å²) in [4.78, 5) is 28.9. The number of rotatable bonds is 2. The van der Waals surface area contributed by atoms with Crippen molar-refractivity contribution >= 4 is 29.1 Å². The van der Waals surface area contributed by atoms with Gasteiger partial charge in [0.05, 0.1) is 31.4 Å². The Morgan fingerprint density at radius 1 is 1.16 bits per heavy atom. The fourth-order valence-corrected chi connectivity index (χ4v) is 4.12. The Morgan fingerprint density at radius 2 is 1.84 bits per heavy atom. The number of nitrogens with zero attached hydrogens (tertiary/aromatic N) is 2. The van der Waals surface area contributed by atoms with Crippen LogP contribution in [0.2, 0.25) is 5.02 Å². The number of piperidine rings is 1. The van der Waals surface area contributed by atoms with Crippen molar-refractivity contribution in [2.24, 2.45) is 0 Å². The smallest absolute Gasteiger partial charge is 0.251 e. The van der Waals surface area contributed by atoms with Crippen molar-refractivity contribution < 1.29 is 19.1 Å². The van der Waals surface area contributed by atoms with Crippen LogP contribution in [-0.4, -0.2) is 54.8 Å². The second kappa shape index (κ2) is 6.36. The van der Waals surface area contributed by atoms with Crippen molar-refractivity contribution in [3.8, 4) is 0 Å². The minimum atomic E-state index is -0.481.